The van der Waals surface area contributed by atoms with Gasteiger partial charge in [-0.15, -0.1) is 11.3 Å². The Kier molecular flexibility index (Phi) is 31.0. The number of pyridine rings is 1. The number of ether oxygens (including phenoxy) is 3. The number of likely N-dealkylation sites (N-methyl/N-ethyl adjacent to an activating group) is 4. The molecule has 0 spiro atoms. The molecule has 26 heteroatoms. The van der Waals surface area contributed by atoms with Gasteiger partial charge >= 0.3 is 0 Å². The van der Waals surface area contributed by atoms with Crippen molar-refractivity contribution in [1.29, 1.82) is 0 Å². The highest BCUT2D eigenvalue weighted by molar-refractivity contribution is 9.11. The molecule has 404 valence electrons. The van der Waals surface area contributed by atoms with E-state index in [9.17, 15) is 4.79 Å². The van der Waals surface area contributed by atoms with Gasteiger partial charge in [0, 0.05) is 60.0 Å². The Morgan fingerprint density at radius 2 is 1.16 bits per heavy atom. The predicted molar refractivity (Wildman–Crippen MR) is 310 cm³/mol. The lowest BCUT2D eigenvalue weighted by molar-refractivity contribution is 0.102. The Morgan fingerprint density at radius 3 is 1.59 bits per heavy atom. The summed E-state index contributed by atoms with van der Waals surface area (Å²) < 4.78 is 19.1. The first-order valence-corrected chi connectivity index (χ1v) is 27.3. The van der Waals surface area contributed by atoms with E-state index in [4.69, 9.17) is 31.5 Å². The molecule has 0 aliphatic rings. The van der Waals surface area contributed by atoms with Gasteiger partial charge in [0.15, 0.2) is 5.13 Å². The van der Waals surface area contributed by atoms with Crippen LogP contribution in [0.4, 0.5) is 5.13 Å². The lowest BCUT2D eigenvalue weighted by atomic mass is 10.0. The summed E-state index contributed by atoms with van der Waals surface area (Å²) >= 11 is 17.3. The molecule has 6 aromatic heterocycles. The van der Waals surface area contributed by atoms with Crippen LogP contribution in [0.15, 0.2) is 115 Å². The second kappa shape index (κ2) is 36.1. The average Bonchev–Trinajstić information content (AvgIpc) is 3.82. The van der Waals surface area contributed by atoms with Gasteiger partial charge in [0.25, 0.3) is 5.91 Å². The Hall–Kier alpha value is -5.00. The summed E-state index contributed by atoms with van der Waals surface area (Å²) in [6.45, 7) is 9.54. The molecule has 0 unspecified atom stereocenters. The van der Waals surface area contributed by atoms with Crippen LogP contribution in [0.5, 0.6) is 17.6 Å². The van der Waals surface area contributed by atoms with E-state index in [0.717, 1.165) is 67.7 Å². The summed E-state index contributed by atoms with van der Waals surface area (Å²) in [6.07, 6.45) is 16.3. The number of carbonyl (C=O) groups excluding carboxylic acids is 1. The van der Waals surface area contributed by atoms with E-state index in [1.807, 2.05) is 76.5 Å². The van der Waals surface area contributed by atoms with Crippen molar-refractivity contribution in [2.45, 2.75) is 23.8 Å². The Labute approximate surface area is 478 Å². The summed E-state index contributed by atoms with van der Waals surface area (Å²) in [7, 11) is 15.8. The van der Waals surface area contributed by atoms with Gasteiger partial charge in [0.2, 0.25) is 17.6 Å². The first-order valence-electron chi connectivity index (χ1n) is 22.8. The van der Waals surface area contributed by atoms with Crippen LogP contribution in [-0.4, -0.2) is 189 Å². The molecule has 3 N–H and O–H groups in total. The average molecular weight is 1280 g/mol. The number of aryl methyl sites for hydroxylation is 2. The van der Waals surface area contributed by atoms with Crippen molar-refractivity contribution in [2.24, 2.45) is 0 Å². The molecule has 20 nitrogen and oxygen atoms in total. The van der Waals surface area contributed by atoms with Crippen LogP contribution in [0.1, 0.15) is 21.5 Å². The lowest BCUT2D eigenvalue weighted by Crippen LogP contribution is -2.19. The highest BCUT2D eigenvalue weighted by atomic mass is 79.9. The van der Waals surface area contributed by atoms with Crippen LogP contribution in [-0.2, 0) is 0 Å². The molecule has 0 aliphatic heterocycles. The van der Waals surface area contributed by atoms with E-state index < -0.39 is 0 Å². The molecule has 1 amide bonds. The van der Waals surface area contributed by atoms with Gasteiger partial charge < -0.3 is 43.9 Å². The molecular weight excluding hydrogens is 1210 g/mol. The van der Waals surface area contributed by atoms with Crippen molar-refractivity contribution in [1.82, 2.24) is 69.4 Å². The highest BCUT2D eigenvalue weighted by Gasteiger charge is 2.15. The minimum Gasteiger partial charge on any atom is -0.475 e. The van der Waals surface area contributed by atoms with Crippen LogP contribution in [0.2, 0.25) is 0 Å². The summed E-state index contributed by atoms with van der Waals surface area (Å²) in [5, 5.41) is 14.4. The molecule has 0 aliphatic carbocycles. The number of aromatic amines is 1. The number of thiazole rings is 1. The largest absolute Gasteiger partial charge is 0.475 e. The Balaban J connectivity index is 0.000000301. The first kappa shape index (κ1) is 64.3. The van der Waals surface area contributed by atoms with Gasteiger partial charge in [0.05, 0.1) is 61.9 Å². The van der Waals surface area contributed by atoms with Gasteiger partial charge in [-0.3, -0.25) is 15.1 Å². The molecule has 0 atom stereocenters. The van der Waals surface area contributed by atoms with Gasteiger partial charge in [-0.2, -0.15) is 0 Å². The Bertz CT molecular complexity index is 2680. The summed E-state index contributed by atoms with van der Waals surface area (Å²) in [4.78, 5) is 61.6. The number of hydrogen-bond acceptors (Lipinski definition) is 21. The third-order valence-corrected chi connectivity index (χ3v) is 12.1. The number of nitrogens with zero attached hydrogens (tertiary/aromatic N) is 13. The fourth-order valence-electron chi connectivity index (χ4n) is 5.34. The third-order valence-electron chi connectivity index (χ3n) is 9.00. The van der Waals surface area contributed by atoms with Gasteiger partial charge in [0.1, 0.15) is 43.3 Å². The van der Waals surface area contributed by atoms with Crippen LogP contribution in [0.3, 0.4) is 0 Å². The highest BCUT2D eigenvalue weighted by Crippen LogP contribution is 2.35. The second-order valence-corrected chi connectivity index (χ2v) is 21.4. The van der Waals surface area contributed by atoms with Crippen molar-refractivity contribution < 1.29 is 24.1 Å². The van der Waals surface area contributed by atoms with Crippen LogP contribution >= 0.6 is 83.1 Å². The topological polar surface area (TPSA) is 222 Å². The zero-order chi connectivity index (χ0) is 55.1. The smallest absolute Gasteiger partial charge is 0.257 e. The predicted octanol–water partition coefficient (Wildman–Crippen LogP) is 8.76. The summed E-state index contributed by atoms with van der Waals surface area (Å²) in [5.74, 6) is 1.46. The van der Waals surface area contributed by atoms with E-state index in [0.29, 0.717) is 57.4 Å². The number of benzene rings is 1. The van der Waals surface area contributed by atoms with E-state index in [-0.39, 0.29) is 12.5 Å². The van der Waals surface area contributed by atoms with Crippen molar-refractivity contribution >= 4 is 94.1 Å². The van der Waals surface area contributed by atoms with E-state index >= 15 is 0 Å². The number of hydrogen-bond donors (Lipinski definition) is 3. The van der Waals surface area contributed by atoms with Crippen molar-refractivity contribution in [3.8, 4) is 28.9 Å². The molecule has 7 rings (SSSR count). The summed E-state index contributed by atoms with van der Waals surface area (Å²) in [5.41, 5.74) is 4.64. The third kappa shape index (κ3) is 28.1. The SMILES string of the molecule is Brc1cnc(Br)cn1.CN(C)CCO.CN(C)CCOc1c[nH]c(=S)cn1.CN(C)CCOc1cnc(Br)cn1.Cc1cc(Sc2cnc(OCCN(C)C)cn2)cc(C)c1-c1csc(NC(=O)c2ccncc2)n1. The summed E-state index contributed by atoms with van der Waals surface area (Å²) in [6, 6.07) is 7.57. The number of carbonyl (C=O) groups is 1. The maximum Gasteiger partial charge on any atom is 0.257 e. The van der Waals surface area contributed by atoms with Gasteiger partial charge in [-0.05, 0) is 153 Å². The molecule has 0 fully saturated rings. The fraction of sp³-hybridized carbons (Fsp3) is 0.367. The molecule has 1 aromatic carbocycles. The number of halogens is 3. The standard InChI is InChI=1S/C25H26N6O2S2.C8H12BrN3O.C8H13N3OS.C4H2Br2N2.C4H11NO/c1-16-11-19(35-22-14-27-21(13-28-22)33-10-9-31(3)4)12-17(2)23(16)20-15-34-25(29-20)30-24(32)18-5-7-26-8-6-18;1-12(2)3-4-13-8-6-10-7(9)5-11-8;1-11(2)3-4-12-7-5-10-8(13)6-9-7;5-3-1-7-4(6)2-8-3;1-5(2)3-4-6/h5-8,11-15H,9-10H2,1-4H3,(H,29,30,32);5-6H,3-4H2,1-2H3;5-6H,3-4H2,1-2H3,(H,10,13);1-2H;6H,3-4H2,1-2H3. The minimum absolute atomic E-state index is 0.205. The number of aromatic nitrogens is 10. The van der Waals surface area contributed by atoms with Gasteiger partial charge in [-0.1, -0.05) is 24.0 Å². The monoisotopic (exact) mass is 1280 g/mol. The molecule has 6 heterocycles. The number of anilines is 1. The first-order chi connectivity index (χ1) is 35.8. The quantitative estimate of drug-likeness (QED) is 0.0644. The van der Waals surface area contributed by atoms with Crippen LogP contribution in [0, 0.1) is 18.5 Å². The second-order valence-electron chi connectivity index (χ2n) is 16.5. The zero-order valence-corrected chi connectivity index (χ0v) is 50.8. The van der Waals surface area contributed by atoms with Gasteiger partial charge in [-0.25, -0.2) is 39.9 Å². The molecule has 7 aromatic rings. The normalized spacial score (nSPS) is 10.5. The Morgan fingerprint density at radius 1 is 0.680 bits per heavy atom. The molecular formula is C49H64Br3N15O5S3. The number of H-pyrrole nitrogens is 1. The number of aliphatic hydroxyl groups excluding tert-OH is 1. The van der Waals surface area contributed by atoms with Crippen molar-refractivity contribution in [3.63, 3.8) is 0 Å². The van der Waals surface area contributed by atoms with E-state index in [2.05, 4.69) is 134 Å². The van der Waals surface area contributed by atoms with E-state index in [1.54, 1.807) is 85.9 Å². The number of nitrogens with one attached hydrogen (secondary N) is 2. The molecule has 0 radical (unpaired) electrons. The molecule has 0 bridgehead atoms. The zero-order valence-electron chi connectivity index (χ0n) is 43.6. The molecule has 0 saturated heterocycles. The van der Waals surface area contributed by atoms with E-state index in [1.165, 1.54) is 11.3 Å². The van der Waals surface area contributed by atoms with Crippen LogP contribution < -0.4 is 19.5 Å². The minimum atomic E-state index is -0.205. The number of amides is 1. The van der Waals surface area contributed by atoms with Crippen molar-refractivity contribution in [3.05, 3.63) is 127 Å². The van der Waals surface area contributed by atoms with Crippen molar-refractivity contribution in [2.75, 3.05) is 114 Å². The molecule has 0 saturated carbocycles. The number of aliphatic hydroxyl groups is 1. The number of rotatable bonds is 19. The van der Waals surface area contributed by atoms with Crippen LogP contribution in [0.25, 0.3) is 11.3 Å². The molecule has 75 heavy (non-hydrogen) atoms. The maximum atomic E-state index is 12.4. The lowest BCUT2D eigenvalue weighted by Gasteiger charge is -2.11. The maximum absolute atomic E-state index is 12.4. The fourth-order valence-corrected chi connectivity index (χ4v) is 7.68.